The Bertz CT molecular complexity index is 553. The molecule has 0 radical (unpaired) electrons. The van der Waals surface area contributed by atoms with Crippen molar-refractivity contribution in [2.24, 2.45) is 5.92 Å². The van der Waals surface area contributed by atoms with Crippen LogP contribution in [0.2, 0.25) is 0 Å². The fraction of sp³-hybridized carbons (Fsp3) is 0.375. The highest BCUT2D eigenvalue weighted by Crippen LogP contribution is 2.18. The minimum Gasteiger partial charge on any atom is -0.497 e. The number of hydrogen-bond donors (Lipinski definition) is 1. The lowest BCUT2D eigenvalue weighted by atomic mass is 9.98. The molecule has 1 atom stereocenters. The van der Waals surface area contributed by atoms with E-state index in [0.717, 1.165) is 17.7 Å². The molecule has 1 aliphatic heterocycles. The van der Waals surface area contributed by atoms with Crippen molar-refractivity contribution < 1.29 is 19.4 Å². The maximum Gasteiger partial charge on any atom is 0.308 e. The Hall–Kier alpha value is -2.30. The van der Waals surface area contributed by atoms with Gasteiger partial charge < -0.3 is 14.7 Å². The number of carbonyl (C=O) groups excluding carboxylic acids is 1. The van der Waals surface area contributed by atoms with Crippen molar-refractivity contribution in [1.82, 2.24) is 4.90 Å². The molecule has 2 rings (SSSR count). The van der Waals surface area contributed by atoms with Gasteiger partial charge >= 0.3 is 5.97 Å². The molecule has 0 bridgehead atoms. The summed E-state index contributed by atoms with van der Waals surface area (Å²) in [6, 6.07) is 7.40. The predicted octanol–water partition coefficient (Wildman–Crippen LogP) is 2.03. The van der Waals surface area contributed by atoms with Crippen LogP contribution >= 0.6 is 0 Å². The van der Waals surface area contributed by atoms with Crippen molar-refractivity contribution >= 4 is 18.0 Å². The van der Waals surface area contributed by atoms with E-state index in [-0.39, 0.29) is 12.5 Å². The molecule has 1 aromatic rings. The van der Waals surface area contributed by atoms with Crippen LogP contribution in [0.1, 0.15) is 18.4 Å². The van der Waals surface area contributed by atoms with Gasteiger partial charge in [-0.05, 0) is 36.6 Å². The first-order valence-corrected chi connectivity index (χ1v) is 6.94. The number of methoxy groups -OCH3 is 1. The van der Waals surface area contributed by atoms with Crippen LogP contribution in [-0.4, -0.2) is 42.1 Å². The molecule has 21 heavy (non-hydrogen) atoms. The van der Waals surface area contributed by atoms with Crippen molar-refractivity contribution in [2.75, 3.05) is 20.2 Å². The van der Waals surface area contributed by atoms with Gasteiger partial charge in [-0.25, -0.2) is 0 Å². The first kappa shape index (κ1) is 15.1. The van der Waals surface area contributed by atoms with Gasteiger partial charge in [0.2, 0.25) is 5.91 Å². The van der Waals surface area contributed by atoms with Crippen LogP contribution < -0.4 is 4.74 Å². The average molecular weight is 289 g/mol. The average Bonchev–Trinajstić information content (AvgIpc) is 2.53. The van der Waals surface area contributed by atoms with Crippen molar-refractivity contribution in [3.8, 4) is 5.75 Å². The van der Waals surface area contributed by atoms with E-state index < -0.39 is 11.9 Å². The summed E-state index contributed by atoms with van der Waals surface area (Å²) < 4.78 is 5.12. The third-order valence-corrected chi connectivity index (χ3v) is 3.59. The Morgan fingerprint density at radius 2 is 2.24 bits per heavy atom. The second-order valence-electron chi connectivity index (χ2n) is 5.07. The number of amides is 1. The Morgan fingerprint density at radius 3 is 2.95 bits per heavy atom. The van der Waals surface area contributed by atoms with E-state index in [1.807, 2.05) is 24.3 Å². The minimum absolute atomic E-state index is 0.149. The first-order chi connectivity index (χ1) is 10.1. The number of hydrogen-bond acceptors (Lipinski definition) is 3. The highest BCUT2D eigenvalue weighted by Gasteiger charge is 2.26. The molecule has 1 amide bonds. The third-order valence-electron chi connectivity index (χ3n) is 3.59. The van der Waals surface area contributed by atoms with Gasteiger partial charge in [0, 0.05) is 19.2 Å². The van der Waals surface area contributed by atoms with E-state index in [4.69, 9.17) is 9.84 Å². The summed E-state index contributed by atoms with van der Waals surface area (Å²) in [5, 5.41) is 9.03. The Labute approximate surface area is 123 Å². The Balaban J connectivity index is 1.99. The zero-order valence-corrected chi connectivity index (χ0v) is 12.0. The number of aliphatic carboxylic acids is 1. The van der Waals surface area contributed by atoms with Crippen LogP contribution in [0.3, 0.4) is 0 Å². The zero-order valence-electron chi connectivity index (χ0n) is 12.0. The van der Waals surface area contributed by atoms with E-state index in [1.165, 1.54) is 6.08 Å². The van der Waals surface area contributed by atoms with Gasteiger partial charge in [0.1, 0.15) is 5.75 Å². The maximum atomic E-state index is 12.1. The lowest BCUT2D eigenvalue weighted by Crippen LogP contribution is -2.41. The smallest absolute Gasteiger partial charge is 0.308 e. The molecule has 0 aromatic heterocycles. The molecular weight excluding hydrogens is 270 g/mol. The normalized spacial score (nSPS) is 18.7. The molecule has 0 saturated carbocycles. The second-order valence-corrected chi connectivity index (χ2v) is 5.07. The Kier molecular flexibility index (Phi) is 4.98. The number of likely N-dealkylation sites (tertiary alicyclic amines) is 1. The molecule has 1 fully saturated rings. The molecule has 0 spiro atoms. The van der Waals surface area contributed by atoms with Crippen LogP contribution in [0, 0.1) is 5.92 Å². The number of carbonyl (C=O) groups is 2. The molecule has 1 N–H and O–H groups in total. The summed E-state index contributed by atoms with van der Waals surface area (Å²) in [5.74, 6) is -0.700. The lowest BCUT2D eigenvalue weighted by molar-refractivity contribution is -0.144. The van der Waals surface area contributed by atoms with Crippen LogP contribution in [0.15, 0.2) is 30.3 Å². The largest absolute Gasteiger partial charge is 0.497 e. The van der Waals surface area contributed by atoms with Crippen molar-refractivity contribution in [1.29, 1.82) is 0 Å². The number of benzene rings is 1. The predicted molar refractivity (Wildman–Crippen MR) is 79.0 cm³/mol. The van der Waals surface area contributed by atoms with Gasteiger partial charge in [-0.2, -0.15) is 0 Å². The number of ether oxygens (including phenoxy) is 1. The monoisotopic (exact) mass is 289 g/mol. The number of carboxylic acids is 1. The van der Waals surface area contributed by atoms with Crippen molar-refractivity contribution in [3.05, 3.63) is 35.9 Å². The molecule has 112 valence electrons. The number of carboxylic acid groups (broad SMARTS) is 1. The fourth-order valence-electron chi connectivity index (χ4n) is 2.40. The summed E-state index contributed by atoms with van der Waals surface area (Å²) in [4.78, 5) is 24.7. The highest BCUT2D eigenvalue weighted by molar-refractivity contribution is 5.92. The van der Waals surface area contributed by atoms with Crippen LogP contribution in [0.5, 0.6) is 5.75 Å². The van der Waals surface area contributed by atoms with Crippen LogP contribution in [-0.2, 0) is 9.59 Å². The van der Waals surface area contributed by atoms with E-state index in [9.17, 15) is 9.59 Å². The van der Waals surface area contributed by atoms with Crippen LogP contribution in [0.25, 0.3) is 6.08 Å². The lowest BCUT2D eigenvalue weighted by Gasteiger charge is -2.29. The highest BCUT2D eigenvalue weighted by atomic mass is 16.5. The zero-order chi connectivity index (χ0) is 15.2. The molecule has 1 saturated heterocycles. The van der Waals surface area contributed by atoms with Gasteiger partial charge in [-0.15, -0.1) is 0 Å². The molecule has 1 heterocycles. The number of rotatable bonds is 4. The standard InChI is InChI=1S/C16H19NO4/c1-21-14-6-2-4-12(10-14)7-8-15(18)17-9-3-5-13(11-17)16(19)20/h2,4,6-8,10,13H,3,5,9,11H2,1H3,(H,19,20)/b8-7+. The van der Waals surface area contributed by atoms with E-state index >= 15 is 0 Å². The van der Waals surface area contributed by atoms with Gasteiger partial charge in [-0.1, -0.05) is 12.1 Å². The van der Waals surface area contributed by atoms with Gasteiger partial charge in [-0.3, -0.25) is 9.59 Å². The number of piperidine rings is 1. The van der Waals surface area contributed by atoms with Crippen LogP contribution in [0.4, 0.5) is 0 Å². The van der Waals surface area contributed by atoms with E-state index in [2.05, 4.69) is 0 Å². The fourth-order valence-corrected chi connectivity index (χ4v) is 2.40. The molecule has 1 unspecified atom stereocenters. The summed E-state index contributed by atoms with van der Waals surface area (Å²) >= 11 is 0. The summed E-state index contributed by atoms with van der Waals surface area (Å²) in [5.41, 5.74) is 0.870. The van der Waals surface area contributed by atoms with Gasteiger partial charge in [0.15, 0.2) is 0 Å². The van der Waals surface area contributed by atoms with E-state index in [0.29, 0.717) is 13.0 Å². The quantitative estimate of drug-likeness (QED) is 0.861. The summed E-state index contributed by atoms with van der Waals surface area (Å²) in [6.07, 6.45) is 4.57. The first-order valence-electron chi connectivity index (χ1n) is 6.94. The molecule has 1 aromatic carbocycles. The summed E-state index contributed by atoms with van der Waals surface area (Å²) in [6.45, 7) is 0.904. The molecule has 5 heteroatoms. The van der Waals surface area contributed by atoms with Crippen molar-refractivity contribution in [2.45, 2.75) is 12.8 Å². The Morgan fingerprint density at radius 1 is 1.43 bits per heavy atom. The number of nitrogens with zero attached hydrogens (tertiary/aromatic N) is 1. The minimum atomic E-state index is -0.829. The van der Waals surface area contributed by atoms with E-state index in [1.54, 1.807) is 18.1 Å². The van der Waals surface area contributed by atoms with Crippen molar-refractivity contribution in [3.63, 3.8) is 0 Å². The van der Waals surface area contributed by atoms with Gasteiger partial charge in [0.25, 0.3) is 0 Å². The SMILES string of the molecule is COc1cccc(/C=C/C(=O)N2CCCC(C(=O)O)C2)c1. The molecule has 0 aliphatic carbocycles. The molecular formula is C16H19NO4. The summed E-state index contributed by atoms with van der Waals surface area (Å²) in [7, 11) is 1.59. The molecule has 1 aliphatic rings. The third kappa shape index (κ3) is 4.08. The second kappa shape index (κ2) is 6.92. The van der Waals surface area contributed by atoms with Gasteiger partial charge in [0.05, 0.1) is 13.0 Å². The maximum absolute atomic E-state index is 12.1. The molecule has 5 nitrogen and oxygen atoms in total. The topological polar surface area (TPSA) is 66.8 Å².